The molecule has 0 heterocycles. The maximum atomic E-state index is 12.3. The van der Waals surface area contributed by atoms with E-state index in [0.29, 0.717) is 16.8 Å². The highest BCUT2D eigenvalue weighted by atomic mass is 16.5. The lowest BCUT2D eigenvalue weighted by Gasteiger charge is -2.10. The number of carbonyl (C=O) groups is 2. The van der Waals surface area contributed by atoms with Crippen LogP contribution in [0.5, 0.6) is 11.5 Å². The number of rotatable bonds is 4. The van der Waals surface area contributed by atoms with Crippen molar-refractivity contribution in [3.63, 3.8) is 0 Å². The molecule has 0 aliphatic carbocycles. The van der Waals surface area contributed by atoms with Crippen LogP contribution in [-0.4, -0.2) is 23.9 Å². The molecule has 108 valence electrons. The van der Waals surface area contributed by atoms with E-state index in [0.717, 1.165) is 0 Å². The van der Waals surface area contributed by atoms with Gasteiger partial charge in [0.1, 0.15) is 0 Å². The van der Waals surface area contributed by atoms with E-state index in [9.17, 15) is 14.7 Å². The second kappa shape index (κ2) is 6.09. The zero-order valence-electron chi connectivity index (χ0n) is 11.7. The lowest BCUT2D eigenvalue weighted by Crippen LogP contribution is -2.15. The number of ether oxygens (including phenoxy) is 1. The molecular weight excluding hydrogens is 270 g/mol. The van der Waals surface area contributed by atoms with Gasteiger partial charge in [-0.05, 0) is 25.1 Å². The molecule has 0 spiro atoms. The first-order valence-corrected chi connectivity index (χ1v) is 6.31. The van der Waals surface area contributed by atoms with Crippen LogP contribution in [0.25, 0.3) is 0 Å². The van der Waals surface area contributed by atoms with E-state index in [1.165, 1.54) is 26.2 Å². The molecule has 0 aromatic heterocycles. The molecular formula is C16H15NO4. The van der Waals surface area contributed by atoms with Crippen LogP contribution in [0, 0.1) is 0 Å². The van der Waals surface area contributed by atoms with Crippen molar-refractivity contribution in [3.05, 3.63) is 53.6 Å². The Hall–Kier alpha value is -2.82. The second-order valence-electron chi connectivity index (χ2n) is 4.44. The predicted molar refractivity (Wildman–Crippen MR) is 79.1 cm³/mol. The van der Waals surface area contributed by atoms with Gasteiger partial charge in [0.15, 0.2) is 17.3 Å². The van der Waals surface area contributed by atoms with Gasteiger partial charge >= 0.3 is 0 Å². The number of carbonyl (C=O) groups excluding carboxylic acids is 2. The van der Waals surface area contributed by atoms with Crippen molar-refractivity contribution in [2.24, 2.45) is 0 Å². The van der Waals surface area contributed by atoms with Crippen molar-refractivity contribution in [2.45, 2.75) is 6.92 Å². The molecule has 5 nitrogen and oxygen atoms in total. The van der Waals surface area contributed by atoms with Crippen molar-refractivity contribution in [2.75, 3.05) is 12.4 Å². The quantitative estimate of drug-likeness (QED) is 0.669. The Balaban J connectivity index is 2.28. The fourth-order valence-electron chi connectivity index (χ4n) is 1.94. The standard InChI is InChI=1S/C16H15NO4/c1-10(18)12-5-3-4-6-13(12)16(20)17-11-7-8-14(19)15(9-11)21-2/h3-9,19H,1-2H3,(H,17,20). The zero-order valence-corrected chi connectivity index (χ0v) is 11.7. The van der Waals surface area contributed by atoms with Crippen LogP contribution in [0.15, 0.2) is 42.5 Å². The van der Waals surface area contributed by atoms with E-state index >= 15 is 0 Å². The van der Waals surface area contributed by atoms with E-state index < -0.39 is 5.91 Å². The highest BCUT2D eigenvalue weighted by molar-refractivity contribution is 6.12. The summed E-state index contributed by atoms with van der Waals surface area (Å²) in [5.41, 5.74) is 1.13. The molecule has 0 fully saturated rings. The van der Waals surface area contributed by atoms with Crippen molar-refractivity contribution in [1.82, 2.24) is 0 Å². The van der Waals surface area contributed by atoms with Crippen LogP contribution in [0.2, 0.25) is 0 Å². The minimum Gasteiger partial charge on any atom is -0.504 e. The zero-order chi connectivity index (χ0) is 15.4. The summed E-state index contributed by atoms with van der Waals surface area (Å²) in [4.78, 5) is 23.8. The molecule has 0 aliphatic heterocycles. The van der Waals surface area contributed by atoms with E-state index in [1.54, 1.807) is 30.3 Å². The Bertz CT molecular complexity index is 694. The van der Waals surface area contributed by atoms with E-state index in [2.05, 4.69) is 5.32 Å². The minimum absolute atomic E-state index is 0.0142. The van der Waals surface area contributed by atoms with Gasteiger partial charge in [0, 0.05) is 17.3 Å². The molecule has 2 aromatic rings. The molecule has 2 aromatic carbocycles. The molecule has 0 radical (unpaired) electrons. The Morgan fingerprint density at radius 2 is 1.76 bits per heavy atom. The number of methoxy groups -OCH3 is 1. The number of benzene rings is 2. The van der Waals surface area contributed by atoms with E-state index in [4.69, 9.17) is 4.74 Å². The third-order valence-electron chi connectivity index (χ3n) is 2.99. The normalized spacial score (nSPS) is 10.0. The van der Waals surface area contributed by atoms with E-state index in [1.807, 2.05) is 0 Å². The SMILES string of the molecule is COc1cc(NC(=O)c2ccccc2C(C)=O)ccc1O. The van der Waals surface area contributed by atoms with Crippen molar-refractivity contribution in [1.29, 1.82) is 0 Å². The lowest BCUT2D eigenvalue weighted by atomic mass is 10.0. The van der Waals surface area contributed by atoms with Crippen LogP contribution in [0.4, 0.5) is 5.69 Å². The fraction of sp³-hybridized carbons (Fsp3) is 0.125. The number of phenols is 1. The van der Waals surface area contributed by atoms with Gasteiger partial charge in [0.2, 0.25) is 0 Å². The monoisotopic (exact) mass is 285 g/mol. The molecule has 21 heavy (non-hydrogen) atoms. The summed E-state index contributed by atoms with van der Waals surface area (Å²) in [6.07, 6.45) is 0. The Labute approximate surface area is 122 Å². The summed E-state index contributed by atoms with van der Waals surface area (Å²) in [7, 11) is 1.42. The number of nitrogens with one attached hydrogen (secondary N) is 1. The summed E-state index contributed by atoms with van der Waals surface area (Å²) >= 11 is 0. The van der Waals surface area contributed by atoms with Gasteiger partial charge in [0.25, 0.3) is 5.91 Å². The van der Waals surface area contributed by atoms with Gasteiger partial charge in [-0.1, -0.05) is 18.2 Å². The van der Waals surface area contributed by atoms with Crippen molar-refractivity contribution < 1.29 is 19.4 Å². The topological polar surface area (TPSA) is 75.6 Å². The molecule has 2 rings (SSSR count). The molecule has 0 atom stereocenters. The molecule has 2 N–H and O–H groups in total. The average Bonchev–Trinajstić information content (AvgIpc) is 2.49. The average molecular weight is 285 g/mol. The molecule has 0 saturated carbocycles. The minimum atomic E-state index is -0.395. The molecule has 0 saturated heterocycles. The van der Waals surface area contributed by atoms with Crippen LogP contribution in [-0.2, 0) is 0 Å². The first-order chi connectivity index (χ1) is 10.0. The van der Waals surface area contributed by atoms with Crippen LogP contribution < -0.4 is 10.1 Å². The summed E-state index contributed by atoms with van der Waals surface area (Å²) in [5, 5.41) is 12.2. The molecule has 5 heteroatoms. The Kier molecular flexibility index (Phi) is 4.23. The van der Waals surface area contributed by atoms with Crippen LogP contribution >= 0.6 is 0 Å². The smallest absolute Gasteiger partial charge is 0.256 e. The molecule has 0 aliphatic rings. The number of hydrogen-bond donors (Lipinski definition) is 2. The lowest BCUT2D eigenvalue weighted by molar-refractivity contribution is 0.0985. The van der Waals surface area contributed by atoms with Crippen molar-refractivity contribution >= 4 is 17.4 Å². The summed E-state index contributed by atoms with van der Waals surface area (Å²) in [6, 6.07) is 11.1. The summed E-state index contributed by atoms with van der Waals surface area (Å²) < 4.78 is 4.98. The van der Waals surface area contributed by atoms with Gasteiger partial charge in [-0.15, -0.1) is 0 Å². The van der Waals surface area contributed by atoms with Crippen LogP contribution in [0.1, 0.15) is 27.6 Å². The van der Waals surface area contributed by atoms with Crippen molar-refractivity contribution in [3.8, 4) is 11.5 Å². The van der Waals surface area contributed by atoms with Gasteiger partial charge in [0.05, 0.1) is 12.7 Å². The first-order valence-electron chi connectivity index (χ1n) is 6.31. The number of ketones is 1. The Morgan fingerprint density at radius 1 is 1.10 bits per heavy atom. The third kappa shape index (κ3) is 3.20. The number of amides is 1. The Morgan fingerprint density at radius 3 is 2.38 bits per heavy atom. The molecule has 0 unspecified atom stereocenters. The second-order valence-corrected chi connectivity index (χ2v) is 4.44. The van der Waals surface area contributed by atoms with Gasteiger partial charge in [-0.2, -0.15) is 0 Å². The highest BCUT2D eigenvalue weighted by Crippen LogP contribution is 2.28. The maximum absolute atomic E-state index is 12.3. The summed E-state index contributed by atoms with van der Waals surface area (Å²) in [5.74, 6) is -0.329. The number of phenolic OH excluding ortho intramolecular Hbond substituents is 1. The maximum Gasteiger partial charge on any atom is 0.256 e. The largest absolute Gasteiger partial charge is 0.504 e. The highest BCUT2D eigenvalue weighted by Gasteiger charge is 2.14. The fourth-order valence-corrected chi connectivity index (χ4v) is 1.94. The summed E-state index contributed by atoms with van der Waals surface area (Å²) in [6.45, 7) is 1.41. The van der Waals surface area contributed by atoms with Crippen LogP contribution in [0.3, 0.4) is 0 Å². The van der Waals surface area contributed by atoms with Gasteiger partial charge < -0.3 is 15.2 Å². The number of hydrogen-bond acceptors (Lipinski definition) is 4. The molecule has 1 amide bonds. The number of Topliss-reactive ketones (excluding diaryl/α,β-unsaturated/α-hetero) is 1. The number of aromatic hydroxyl groups is 1. The van der Waals surface area contributed by atoms with Gasteiger partial charge in [-0.3, -0.25) is 9.59 Å². The first kappa shape index (κ1) is 14.6. The third-order valence-corrected chi connectivity index (χ3v) is 2.99. The van der Waals surface area contributed by atoms with E-state index in [-0.39, 0.29) is 17.3 Å². The molecule has 0 bridgehead atoms. The number of anilines is 1. The predicted octanol–water partition coefficient (Wildman–Crippen LogP) is 2.86. The van der Waals surface area contributed by atoms with Gasteiger partial charge in [-0.25, -0.2) is 0 Å².